The van der Waals surface area contributed by atoms with Gasteiger partial charge in [-0.2, -0.15) is 0 Å². The smallest absolute Gasteiger partial charge is 0.228 e. The van der Waals surface area contributed by atoms with Crippen LogP contribution in [0.2, 0.25) is 0 Å². The van der Waals surface area contributed by atoms with Crippen molar-refractivity contribution < 1.29 is 9.18 Å². The second-order valence-electron chi connectivity index (χ2n) is 4.73. The Labute approximate surface area is 121 Å². The Balaban J connectivity index is 2.21. The van der Waals surface area contributed by atoms with Crippen LogP contribution < -0.4 is 5.32 Å². The molecular formula is C15H17FN2OS. The molecule has 0 saturated heterocycles. The first-order chi connectivity index (χ1) is 9.51. The van der Waals surface area contributed by atoms with Crippen molar-refractivity contribution in [3.63, 3.8) is 0 Å². The molecule has 0 spiro atoms. The Hall–Kier alpha value is -1.75. The minimum atomic E-state index is -0.271. The minimum Gasteiger partial charge on any atom is -0.302 e. The lowest BCUT2D eigenvalue weighted by molar-refractivity contribution is -0.119. The van der Waals surface area contributed by atoms with E-state index >= 15 is 0 Å². The quantitative estimate of drug-likeness (QED) is 0.915. The molecule has 106 valence electrons. The second kappa shape index (κ2) is 6.13. The van der Waals surface area contributed by atoms with Crippen LogP contribution in [0.3, 0.4) is 0 Å². The standard InChI is InChI=1S/C15H17FN2OS/c1-4-9(2)14(19)18-15-17-13(10(3)20-15)11-5-7-12(16)8-6-11/h5-9H,4H2,1-3H3,(H,17,18,19). The van der Waals surface area contributed by atoms with Gasteiger partial charge in [0, 0.05) is 16.4 Å². The van der Waals surface area contributed by atoms with Crippen molar-refractivity contribution in [2.24, 2.45) is 5.92 Å². The van der Waals surface area contributed by atoms with Crippen LogP contribution in [0.25, 0.3) is 11.3 Å². The number of aryl methyl sites for hydroxylation is 1. The van der Waals surface area contributed by atoms with Gasteiger partial charge in [0.2, 0.25) is 5.91 Å². The summed E-state index contributed by atoms with van der Waals surface area (Å²) in [5.41, 5.74) is 1.64. The molecule has 0 bridgehead atoms. The Morgan fingerprint density at radius 3 is 2.65 bits per heavy atom. The molecule has 1 atom stereocenters. The minimum absolute atomic E-state index is 0.0214. The molecule has 20 heavy (non-hydrogen) atoms. The number of hydrogen-bond donors (Lipinski definition) is 1. The van der Waals surface area contributed by atoms with Crippen molar-refractivity contribution in [3.05, 3.63) is 35.0 Å². The molecule has 1 amide bonds. The SMILES string of the molecule is CCC(C)C(=O)Nc1nc(-c2ccc(F)cc2)c(C)s1. The second-order valence-corrected chi connectivity index (χ2v) is 5.93. The zero-order valence-electron chi connectivity index (χ0n) is 11.7. The molecule has 0 radical (unpaired) electrons. The highest BCUT2D eigenvalue weighted by Gasteiger charge is 2.15. The van der Waals surface area contributed by atoms with Gasteiger partial charge in [-0.25, -0.2) is 9.37 Å². The summed E-state index contributed by atoms with van der Waals surface area (Å²) >= 11 is 1.43. The van der Waals surface area contributed by atoms with Crippen LogP contribution >= 0.6 is 11.3 Å². The van der Waals surface area contributed by atoms with Crippen molar-refractivity contribution in [2.75, 3.05) is 5.32 Å². The van der Waals surface area contributed by atoms with E-state index in [1.807, 2.05) is 20.8 Å². The lowest BCUT2D eigenvalue weighted by atomic mass is 10.1. The maximum atomic E-state index is 12.9. The molecule has 2 rings (SSSR count). The monoisotopic (exact) mass is 292 g/mol. The van der Waals surface area contributed by atoms with Crippen LogP contribution in [-0.4, -0.2) is 10.9 Å². The van der Waals surface area contributed by atoms with Gasteiger partial charge >= 0.3 is 0 Å². The van der Waals surface area contributed by atoms with Crippen molar-refractivity contribution in [2.45, 2.75) is 27.2 Å². The van der Waals surface area contributed by atoms with Gasteiger partial charge in [0.15, 0.2) is 5.13 Å². The summed E-state index contributed by atoms with van der Waals surface area (Å²) < 4.78 is 12.9. The Bertz CT molecular complexity index is 607. The highest BCUT2D eigenvalue weighted by atomic mass is 32.1. The van der Waals surface area contributed by atoms with E-state index in [0.717, 1.165) is 22.6 Å². The number of hydrogen-bond acceptors (Lipinski definition) is 3. The summed E-state index contributed by atoms with van der Waals surface area (Å²) in [6, 6.07) is 6.20. The Morgan fingerprint density at radius 1 is 1.40 bits per heavy atom. The third kappa shape index (κ3) is 3.22. The van der Waals surface area contributed by atoms with Crippen LogP contribution in [-0.2, 0) is 4.79 Å². The molecule has 1 N–H and O–H groups in total. The molecule has 1 heterocycles. The molecule has 5 heteroatoms. The van der Waals surface area contributed by atoms with E-state index in [1.54, 1.807) is 12.1 Å². The molecule has 1 unspecified atom stereocenters. The first-order valence-corrected chi connectivity index (χ1v) is 7.37. The number of benzene rings is 1. The highest BCUT2D eigenvalue weighted by molar-refractivity contribution is 7.16. The maximum absolute atomic E-state index is 12.9. The number of rotatable bonds is 4. The zero-order chi connectivity index (χ0) is 14.7. The molecule has 0 aliphatic rings. The predicted octanol–water partition coefficient (Wildman–Crippen LogP) is 4.24. The van der Waals surface area contributed by atoms with Crippen molar-refractivity contribution in [1.82, 2.24) is 4.98 Å². The van der Waals surface area contributed by atoms with Crippen LogP contribution in [0.1, 0.15) is 25.1 Å². The summed E-state index contributed by atoms with van der Waals surface area (Å²) in [5, 5.41) is 3.42. The number of carbonyl (C=O) groups excluding carboxylic acids is 1. The van der Waals surface area contributed by atoms with Gasteiger partial charge in [-0.15, -0.1) is 11.3 Å². The molecule has 0 fully saturated rings. The van der Waals surface area contributed by atoms with E-state index in [2.05, 4.69) is 10.3 Å². The van der Waals surface area contributed by atoms with Gasteiger partial charge in [-0.1, -0.05) is 13.8 Å². The molecule has 1 aromatic carbocycles. The number of amides is 1. The third-order valence-electron chi connectivity index (χ3n) is 3.20. The molecule has 0 saturated carbocycles. The first kappa shape index (κ1) is 14.7. The average Bonchev–Trinajstić information content (AvgIpc) is 2.79. The summed E-state index contributed by atoms with van der Waals surface area (Å²) in [6.45, 7) is 5.80. The van der Waals surface area contributed by atoms with Crippen molar-refractivity contribution in [1.29, 1.82) is 0 Å². The van der Waals surface area contributed by atoms with Crippen LogP contribution in [0.15, 0.2) is 24.3 Å². The fourth-order valence-corrected chi connectivity index (χ4v) is 2.58. The molecule has 0 aliphatic heterocycles. The number of nitrogens with zero attached hydrogens (tertiary/aromatic N) is 1. The van der Waals surface area contributed by atoms with E-state index in [4.69, 9.17) is 0 Å². The summed E-state index contributed by atoms with van der Waals surface area (Å²) in [5.74, 6) is -0.327. The average molecular weight is 292 g/mol. The van der Waals surface area contributed by atoms with Gasteiger partial charge in [0.1, 0.15) is 5.82 Å². The van der Waals surface area contributed by atoms with Gasteiger partial charge < -0.3 is 5.32 Å². The van der Waals surface area contributed by atoms with Crippen LogP contribution in [0, 0.1) is 18.7 Å². The largest absolute Gasteiger partial charge is 0.302 e. The summed E-state index contributed by atoms with van der Waals surface area (Å²) in [4.78, 5) is 17.3. The van der Waals surface area contributed by atoms with E-state index in [9.17, 15) is 9.18 Å². The van der Waals surface area contributed by atoms with Crippen LogP contribution in [0.4, 0.5) is 9.52 Å². The van der Waals surface area contributed by atoms with Crippen molar-refractivity contribution in [3.8, 4) is 11.3 Å². The number of anilines is 1. The number of halogens is 1. The lowest BCUT2D eigenvalue weighted by Gasteiger charge is -2.06. The van der Waals surface area contributed by atoms with E-state index in [1.165, 1.54) is 23.5 Å². The first-order valence-electron chi connectivity index (χ1n) is 6.55. The maximum Gasteiger partial charge on any atom is 0.228 e. The van der Waals surface area contributed by atoms with Gasteiger partial charge in [-0.3, -0.25) is 4.79 Å². The zero-order valence-corrected chi connectivity index (χ0v) is 12.6. The fraction of sp³-hybridized carbons (Fsp3) is 0.333. The normalized spacial score (nSPS) is 12.2. The number of thiazole rings is 1. The van der Waals surface area contributed by atoms with Gasteiger partial charge in [0.25, 0.3) is 0 Å². The van der Waals surface area contributed by atoms with E-state index in [-0.39, 0.29) is 17.6 Å². The Morgan fingerprint density at radius 2 is 2.05 bits per heavy atom. The molecule has 0 aliphatic carbocycles. The van der Waals surface area contributed by atoms with E-state index in [0.29, 0.717) is 5.13 Å². The number of carbonyl (C=O) groups is 1. The fourth-order valence-electron chi connectivity index (χ4n) is 1.74. The molecule has 1 aromatic heterocycles. The topological polar surface area (TPSA) is 42.0 Å². The summed E-state index contributed by atoms with van der Waals surface area (Å²) in [6.07, 6.45) is 0.793. The Kier molecular flexibility index (Phi) is 4.49. The van der Waals surface area contributed by atoms with Crippen LogP contribution in [0.5, 0.6) is 0 Å². The third-order valence-corrected chi connectivity index (χ3v) is 4.09. The number of nitrogens with one attached hydrogen (secondary N) is 1. The van der Waals surface area contributed by atoms with E-state index < -0.39 is 0 Å². The molecule has 3 nitrogen and oxygen atoms in total. The van der Waals surface area contributed by atoms with Gasteiger partial charge in [0.05, 0.1) is 5.69 Å². The van der Waals surface area contributed by atoms with Crippen molar-refractivity contribution >= 4 is 22.4 Å². The number of aromatic nitrogens is 1. The lowest BCUT2D eigenvalue weighted by Crippen LogP contribution is -2.19. The highest BCUT2D eigenvalue weighted by Crippen LogP contribution is 2.30. The molecular weight excluding hydrogens is 275 g/mol. The molecule has 2 aromatic rings. The summed E-state index contributed by atoms with van der Waals surface area (Å²) in [7, 11) is 0. The van der Waals surface area contributed by atoms with Gasteiger partial charge in [-0.05, 0) is 37.6 Å². The predicted molar refractivity (Wildman–Crippen MR) is 80.3 cm³/mol.